The van der Waals surface area contributed by atoms with Crippen molar-refractivity contribution in [2.75, 3.05) is 13.7 Å². The van der Waals surface area contributed by atoms with E-state index in [4.69, 9.17) is 14.2 Å². The standard InChI is InChI=1S/C22H23NO5/c1-3-27-21(22(24)25)12-15-8-9-19(26-2)20(11-15)28-14-16-10-17-6-4-5-7-18(17)23-13-16/h4-11,13,21H,3,12,14H2,1-2H3,(H,24,25). The second-order valence-electron chi connectivity index (χ2n) is 6.30. The summed E-state index contributed by atoms with van der Waals surface area (Å²) in [6.07, 6.45) is 1.14. The first-order chi connectivity index (χ1) is 13.6. The van der Waals surface area contributed by atoms with E-state index in [9.17, 15) is 9.90 Å². The SMILES string of the molecule is CCOC(Cc1ccc(OC)c(OCc2cnc3ccccc3c2)c1)C(=O)O. The Bertz CT molecular complexity index is 957. The molecule has 1 N–H and O–H groups in total. The molecule has 0 fully saturated rings. The third kappa shape index (κ3) is 4.78. The maximum atomic E-state index is 11.3. The fraction of sp³-hybridized carbons (Fsp3) is 0.273. The molecule has 1 unspecified atom stereocenters. The van der Waals surface area contributed by atoms with Crippen molar-refractivity contribution in [1.82, 2.24) is 4.98 Å². The molecule has 3 rings (SSSR count). The Kier molecular flexibility index (Phi) is 6.45. The molecule has 6 heteroatoms. The molecule has 6 nitrogen and oxygen atoms in total. The summed E-state index contributed by atoms with van der Waals surface area (Å²) >= 11 is 0. The van der Waals surface area contributed by atoms with Crippen LogP contribution < -0.4 is 9.47 Å². The van der Waals surface area contributed by atoms with Gasteiger partial charge in [0.05, 0.1) is 12.6 Å². The Morgan fingerprint density at radius 2 is 1.93 bits per heavy atom. The van der Waals surface area contributed by atoms with Crippen LogP contribution in [0, 0.1) is 0 Å². The fourth-order valence-electron chi connectivity index (χ4n) is 2.95. The number of aliphatic carboxylic acids is 1. The highest BCUT2D eigenvalue weighted by atomic mass is 16.5. The summed E-state index contributed by atoms with van der Waals surface area (Å²) in [5, 5.41) is 10.3. The topological polar surface area (TPSA) is 77.9 Å². The van der Waals surface area contributed by atoms with Gasteiger partial charge in [0, 0.05) is 30.2 Å². The van der Waals surface area contributed by atoms with Crippen molar-refractivity contribution < 1.29 is 24.1 Å². The number of aromatic nitrogens is 1. The molecular formula is C22H23NO5. The minimum atomic E-state index is -0.984. The Morgan fingerprint density at radius 1 is 1.11 bits per heavy atom. The smallest absolute Gasteiger partial charge is 0.333 e. The zero-order valence-corrected chi connectivity index (χ0v) is 15.9. The predicted octanol–water partition coefficient (Wildman–Crippen LogP) is 3.85. The van der Waals surface area contributed by atoms with Gasteiger partial charge in [-0.3, -0.25) is 4.98 Å². The minimum absolute atomic E-state index is 0.251. The zero-order chi connectivity index (χ0) is 19.9. The Balaban J connectivity index is 1.76. The Morgan fingerprint density at radius 3 is 2.68 bits per heavy atom. The second kappa shape index (κ2) is 9.19. The summed E-state index contributed by atoms with van der Waals surface area (Å²) in [5.74, 6) is 0.150. The lowest BCUT2D eigenvalue weighted by atomic mass is 10.1. The van der Waals surface area contributed by atoms with E-state index in [-0.39, 0.29) is 6.42 Å². The van der Waals surface area contributed by atoms with E-state index >= 15 is 0 Å². The monoisotopic (exact) mass is 381 g/mol. The number of carbonyl (C=O) groups is 1. The van der Waals surface area contributed by atoms with Crippen molar-refractivity contribution in [3.8, 4) is 11.5 Å². The van der Waals surface area contributed by atoms with Crippen LogP contribution in [0.1, 0.15) is 18.1 Å². The first-order valence-corrected chi connectivity index (χ1v) is 9.08. The van der Waals surface area contributed by atoms with E-state index in [0.29, 0.717) is 24.7 Å². The summed E-state index contributed by atoms with van der Waals surface area (Å²) < 4.78 is 16.6. The lowest BCUT2D eigenvalue weighted by Crippen LogP contribution is -2.26. The summed E-state index contributed by atoms with van der Waals surface area (Å²) in [4.78, 5) is 15.8. The van der Waals surface area contributed by atoms with Crippen molar-refractivity contribution in [3.05, 3.63) is 65.9 Å². The first-order valence-electron chi connectivity index (χ1n) is 9.08. The van der Waals surface area contributed by atoms with E-state index in [2.05, 4.69) is 4.98 Å². The van der Waals surface area contributed by atoms with Crippen molar-refractivity contribution in [2.24, 2.45) is 0 Å². The van der Waals surface area contributed by atoms with E-state index in [0.717, 1.165) is 22.0 Å². The van der Waals surface area contributed by atoms with Crippen LogP contribution in [-0.2, 0) is 22.6 Å². The van der Waals surface area contributed by atoms with Crippen LogP contribution in [0.4, 0.5) is 0 Å². The molecule has 2 aromatic carbocycles. The molecule has 0 saturated carbocycles. The van der Waals surface area contributed by atoms with Crippen molar-refractivity contribution >= 4 is 16.9 Å². The van der Waals surface area contributed by atoms with Crippen LogP contribution in [0.2, 0.25) is 0 Å². The number of fused-ring (bicyclic) bond motifs is 1. The highest BCUT2D eigenvalue weighted by molar-refractivity contribution is 5.78. The molecule has 0 saturated heterocycles. The number of ether oxygens (including phenoxy) is 3. The average Bonchev–Trinajstić information content (AvgIpc) is 2.71. The summed E-state index contributed by atoms with van der Waals surface area (Å²) in [7, 11) is 1.57. The quantitative estimate of drug-likeness (QED) is 0.607. The number of pyridine rings is 1. The number of nitrogens with zero attached hydrogens (tertiary/aromatic N) is 1. The third-order valence-electron chi connectivity index (χ3n) is 4.33. The summed E-state index contributed by atoms with van der Waals surface area (Å²) in [6, 6.07) is 15.3. The van der Waals surface area contributed by atoms with Crippen molar-refractivity contribution in [1.29, 1.82) is 0 Å². The maximum Gasteiger partial charge on any atom is 0.333 e. The van der Waals surface area contributed by atoms with Crippen LogP contribution in [0.3, 0.4) is 0 Å². The average molecular weight is 381 g/mol. The number of methoxy groups -OCH3 is 1. The molecule has 1 atom stereocenters. The van der Waals surface area contributed by atoms with Crippen LogP contribution in [0.25, 0.3) is 10.9 Å². The molecule has 3 aromatic rings. The van der Waals surface area contributed by atoms with Gasteiger partial charge >= 0.3 is 5.97 Å². The van der Waals surface area contributed by atoms with Crippen LogP contribution in [0.15, 0.2) is 54.7 Å². The van der Waals surface area contributed by atoms with Gasteiger partial charge in [0.15, 0.2) is 17.6 Å². The van der Waals surface area contributed by atoms with Gasteiger partial charge in [-0.05, 0) is 36.8 Å². The Labute approximate surface area is 163 Å². The molecule has 0 aliphatic heterocycles. The molecule has 1 heterocycles. The van der Waals surface area contributed by atoms with E-state index in [1.54, 1.807) is 32.4 Å². The van der Waals surface area contributed by atoms with Gasteiger partial charge in [-0.2, -0.15) is 0 Å². The van der Waals surface area contributed by atoms with E-state index < -0.39 is 12.1 Å². The van der Waals surface area contributed by atoms with E-state index in [1.807, 2.05) is 36.4 Å². The number of hydrogen-bond acceptors (Lipinski definition) is 5. The van der Waals surface area contributed by atoms with E-state index in [1.165, 1.54) is 0 Å². The molecule has 0 aliphatic carbocycles. The molecule has 0 amide bonds. The van der Waals surface area contributed by atoms with Crippen LogP contribution in [0.5, 0.6) is 11.5 Å². The third-order valence-corrected chi connectivity index (χ3v) is 4.33. The number of hydrogen-bond donors (Lipinski definition) is 1. The number of benzene rings is 2. The summed E-state index contributed by atoms with van der Waals surface area (Å²) in [5.41, 5.74) is 2.67. The normalized spacial score (nSPS) is 11.9. The number of para-hydroxylation sites is 1. The molecule has 0 bridgehead atoms. The van der Waals surface area contributed by atoms with Gasteiger partial charge in [-0.1, -0.05) is 24.3 Å². The van der Waals surface area contributed by atoms with Gasteiger partial charge in [0.2, 0.25) is 0 Å². The lowest BCUT2D eigenvalue weighted by Gasteiger charge is -2.15. The van der Waals surface area contributed by atoms with Crippen LogP contribution in [-0.4, -0.2) is 35.9 Å². The number of carboxylic acid groups (broad SMARTS) is 1. The largest absolute Gasteiger partial charge is 0.493 e. The summed E-state index contributed by atoms with van der Waals surface area (Å²) in [6.45, 7) is 2.44. The van der Waals surface area contributed by atoms with Crippen molar-refractivity contribution in [2.45, 2.75) is 26.1 Å². The van der Waals surface area contributed by atoms with Gasteiger partial charge in [-0.25, -0.2) is 4.79 Å². The first kappa shape index (κ1) is 19.6. The molecule has 146 valence electrons. The highest BCUT2D eigenvalue weighted by Crippen LogP contribution is 2.29. The molecule has 0 aliphatic rings. The lowest BCUT2D eigenvalue weighted by molar-refractivity contribution is -0.149. The Hall–Kier alpha value is -3.12. The van der Waals surface area contributed by atoms with Crippen molar-refractivity contribution in [3.63, 3.8) is 0 Å². The molecule has 0 spiro atoms. The number of carboxylic acids is 1. The molecule has 1 aromatic heterocycles. The molecule has 28 heavy (non-hydrogen) atoms. The highest BCUT2D eigenvalue weighted by Gasteiger charge is 2.19. The van der Waals surface area contributed by atoms with Gasteiger partial charge in [-0.15, -0.1) is 0 Å². The predicted molar refractivity (Wildman–Crippen MR) is 106 cm³/mol. The molecular weight excluding hydrogens is 358 g/mol. The van der Waals surface area contributed by atoms with Gasteiger partial charge < -0.3 is 19.3 Å². The zero-order valence-electron chi connectivity index (χ0n) is 15.9. The maximum absolute atomic E-state index is 11.3. The second-order valence-corrected chi connectivity index (χ2v) is 6.30. The number of rotatable bonds is 9. The van der Waals surface area contributed by atoms with Crippen LogP contribution >= 0.6 is 0 Å². The van der Waals surface area contributed by atoms with Gasteiger partial charge in [0.25, 0.3) is 0 Å². The minimum Gasteiger partial charge on any atom is -0.493 e. The molecule has 0 radical (unpaired) electrons. The van der Waals surface area contributed by atoms with Gasteiger partial charge in [0.1, 0.15) is 6.61 Å². The fourth-order valence-corrected chi connectivity index (χ4v) is 2.95.